The highest BCUT2D eigenvalue weighted by atomic mass is 16.5. The molecule has 2 aliphatic rings. The second-order valence-corrected chi connectivity index (χ2v) is 7.95. The summed E-state index contributed by atoms with van der Waals surface area (Å²) < 4.78 is 11.6. The molecule has 0 saturated carbocycles. The Morgan fingerprint density at radius 3 is 2.69 bits per heavy atom. The Kier molecular flexibility index (Phi) is 5.67. The first-order chi connectivity index (χ1) is 14.1. The molecule has 1 unspecified atom stereocenters. The third-order valence-corrected chi connectivity index (χ3v) is 5.86. The maximum absolute atomic E-state index is 13.6. The van der Waals surface area contributed by atoms with Crippen molar-refractivity contribution in [2.45, 2.75) is 30.8 Å². The lowest BCUT2D eigenvalue weighted by atomic mass is 9.73. The van der Waals surface area contributed by atoms with Crippen molar-refractivity contribution in [3.8, 4) is 5.88 Å². The lowest BCUT2D eigenvalue weighted by Crippen LogP contribution is -2.49. The summed E-state index contributed by atoms with van der Waals surface area (Å²) in [6.45, 7) is 2.49. The highest BCUT2D eigenvalue weighted by Crippen LogP contribution is 2.37. The van der Waals surface area contributed by atoms with E-state index in [4.69, 9.17) is 9.47 Å². The van der Waals surface area contributed by atoms with E-state index in [-0.39, 0.29) is 12.0 Å². The van der Waals surface area contributed by atoms with E-state index in [9.17, 15) is 4.79 Å². The molecular formula is C22H28N4O3. The van der Waals surface area contributed by atoms with Gasteiger partial charge >= 0.3 is 0 Å². The third-order valence-electron chi connectivity index (χ3n) is 5.86. The number of rotatable bonds is 5. The maximum Gasteiger partial charge on any atom is 0.234 e. The number of hydrogen-bond acceptors (Lipinski definition) is 6. The normalized spacial score (nSPS) is 21.0. The summed E-state index contributed by atoms with van der Waals surface area (Å²) in [4.78, 5) is 26.2. The predicted molar refractivity (Wildman–Crippen MR) is 110 cm³/mol. The number of ether oxygens (including phenoxy) is 2. The summed E-state index contributed by atoms with van der Waals surface area (Å²) in [6, 6.07) is 10.1. The van der Waals surface area contributed by atoms with E-state index in [1.165, 1.54) is 0 Å². The Balaban J connectivity index is 1.47. The molecule has 1 aromatic carbocycles. The number of aromatic nitrogens is 2. The fraction of sp³-hybridized carbons (Fsp3) is 0.500. The quantitative estimate of drug-likeness (QED) is 0.772. The van der Waals surface area contributed by atoms with Crippen LogP contribution in [0.2, 0.25) is 0 Å². The van der Waals surface area contributed by atoms with Gasteiger partial charge in [-0.05, 0) is 18.4 Å². The summed E-state index contributed by atoms with van der Waals surface area (Å²) in [7, 11) is 3.83. The molecule has 0 bridgehead atoms. The molecule has 0 spiro atoms. The number of hydrogen-bond donors (Lipinski definition) is 0. The number of carbonyl (C=O) groups excluding carboxylic acids is 1. The van der Waals surface area contributed by atoms with Gasteiger partial charge in [0.15, 0.2) is 5.82 Å². The summed E-state index contributed by atoms with van der Waals surface area (Å²) in [5.74, 6) is 1.43. The zero-order valence-corrected chi connectivity index (χ0v) is 17.1. The molecule has 154 valence electrons. The van der Waals surface area contributed by atoms with E-state index in [2.05, 4.69) is 22.1 Å². The van der Waals surface area contributed by atoms with Gasteiger partial charge in [0.2, 0.25) is 11.8 Å². The van der Waals surface area contributed by atoms with Gasteiger partial charge in [-0.1, -0.05) is 30.3 Å². The topological polar surface area (TPSA) is 67.8 Å². The van der Waals surface area contributed by atoms with Crippen LogP contribution in [0.25, 0.3) is 0 Å². The third kappa shape index (κ3) is 4.05. The Morgan fingerprint density at radius 2 is 1.97 bits per heavy atom. The van der Waals surface area contributed by atoms with Crippen LogP contribution in [0.3, 0.4) is 0 Å². The number of benzene rings is 1. The van der Waals surface area contributed by atoms with Gasteiger partial charge in [0.05, 0.1) is 24.4 Å². The van der Waals surface area contributed by atoms with Crippen LogP contribution in [-0.2, 0) is 14.9 Å². The number of anilines is 1. The molecule has 1 atom stereocenters. The fourth-order valence-electron chi connectivity index (χ4n) is 4.20. The van der Waals surface area contributed by atoms with E-state index in [0.29, 0.717) is 45.0 Å². The number of likely N-dealkylation sites (tertiary alicyclic amines) is 1. The van der Waals surface area contributed by atoms with Gasteiger partial charge in [0.1, 0.15) is 6.10 Å². The SMILES string of the molecule is CN(C)c1cncc(OC2CCN(C(=O)C3(c4ccccc4)CCOCC3)C2)n1. The summed E-state index contributed by atoms with van der Waals surface area (Å²) in [6.07, 6.45) is 5.48. The van der Waals surface area contributed by atoms with Crippen molar-refractivity contribution in [1.29, 1.82) is 0 Å². The monoisotopic (exact) mass is 396 g/mol. The Hall–Kier alpha value is -2.67. The summed E-state index contributed by atoms with van der Waals surface area (Å²) in [5, 5.41) is 0. The van der Waals surface area contributed by atoms with Crippen LogP contribution in [0.15, 0.2) is 42.7 Å². The molecule has 0 N–H and O–H groups in total. The summed E-state index contributed by atoms with van der Waals surface area (Å²) >= 11 is 0. The van der Waals surface area contributed by atoms with Crippen LogP contribution in [0.1, 0.15) is 24.8 Å². The molecule has 2 fully saturated rings. The van der Waals surface area contributed by atoms with Gasteiger partial charge in [-0.2, -0.15) is 4.98 Å². The van der Waals surface area contributed by atoms with Crippen molar-refractivity contribution in [2.75, 3.05) is 45.3 Å². The van der Waals surface area contributed by atoms with E-state index in [0.717, 1.165) is 17.8 Å². The average molecular weight is 396 g/mol. The van der Waals surface area contributed by atoms with Gasteiger partial charge in [0, 0.05) is 40.3 Å². The second-order valence-electron chi connectivity index (χ2n) is 7.95. The van der Waals surface area contributed by atoms with Crippen molar-refractivity contribution in [1.82, 2.24) is 14.9 Å². The smallest absolute Gasteiger partial charge is 0.234 e. The van der Waals surface area contributed by atoms with Crippen molar-refractivity contribution < 1.29 is 14.3 Å². The molecule has 2 saturated heterocycles. The largest absolute Gasteiger partial charge is 0.471 e. The highest BCUT2D eigenvalue weighted by Gasteiger charge is 2.45. The molecule has 2 aliphatic heterocycles. The lowest BCUT2D eigenvalue weighted by Gasteiger charge is -2.39. The van der Waals surface area contributed by atoms with Crippen LogP contribution < -0.4 is 9.64 Å². The van der Waals surface area contributed by atoms with Crippen LogP contribution in [0, 0.1) is 0 Å². The van der Waals surface area contributed by atoms with Gasteiger partial charge < -0.3 is 19.3 Å². The minimum atomic E-state index is -0.501. The molecule has 7 nitrogen and oxygen atoms in total. The molecule has 0 aliphatic carbocycles. The van der Waals surface area contributed by atoms with E-state index < -0.39 is 5.41 Å². The van der Waals surface area contributed by atoms with E-state index in [1.807, 2.05) is 42.1 Å². The van der Waals surface area contributed by atoms with Gasteiger partial charge in [-0.25, -0.2) is 0 Å². The average Bonchev–Trinajstić information content (AvgIpc) is 3.23. The molecule has 1 aromatic heterocycles. The number of amides is 1. The van der Waals surface area contributed by atoms with Crippen LogP contribution >= 0.6 is 0 Å². The minimum absolute atomic E-state index is 0.0710. The molecular weight excluding hydrogens is 368 g/mol. The molecule has 0 radical (unpaired) electrons. The Morgan fingerprint density at radius 1 is 1.21 bits per heavy atom. The van der Waals surface area contributed by atoms with Crippen molar-refractivity contribution in [2.24, 2.45) is 0 Å². The minimum Gasteiger partial charge on any atom is -0.471 e. The highest BCUT2D eigenvalue weighted by molar-refractivity contribution is 5.88. The predicted octanol–water partition coefficient (Wildman–Crippen LogP) is 2.27. The van der Waals surface area contributed by atoms with Crippen molar-refractivity contribution >= 4 is 11.7 Å². The first-order valence-corrected chi connectivity index (χ1v) is 10.2. The number of carbonyl (C=O) groups is 1. The lowest BCUT2D eigenvalue weighted by molar-refractivity contribution is -0.140. The maximum atomic E-state index is 13.6. The van der Waals surface area contributed by atoms with Gasteiger partial charge in [0.25, 0.3) is 0 Å². The van der Waals surface area contributed by atoms with Crippen LogP contribution in [-0.4, -0.2) is 67.3 Å². The first kappa shape index (κ1) is 19.6. The molecule has 2 aromatic rings. The van der Waals surface area contributed by atoms with E-state index in [1.54, 1.807) is 12.4 Å². The zero-order valence-electron chi connectivity index (χ0n) is 17.1. The molecule has 1 amide bonds. The van der Waals surface area contributed by atoms with Crippen molar-refractivity contribution in [3.05, 3.63) is 48.3 Å². The fourth-order valence-corrected chi connectivity index (χ4v) is 4.20. The van der Waals surface area contributed by atoms with Gasteiger partial charge in [-0.3, -0.25) is 9.78 Å². The second kappa shape index (κ2) is 8.37. The van der Waals surface area contributed by atoms with Gasteiger partial charge in [-0.15, -0.1) is 0 Å². The Bertz CT molecular complexity index is 837. The number of nitrogens with zero attached hydrogens (tertiary/aromatic N) is 4. The van der Waals surface area contributed by atoms with Crippen LogP contribution in [0.4, 0.5) is 5.82 Å². The van der Waals surface area contributed by atoms with Crippen molar-refractivity contribution in [3.63, 3.8) is 0 Å². The van der Waals surface area contributed by atoms with Crippen LogP contribution in [0.5, 0.6) is 5.88 Å². The Labute approximate surface area is 171 Å². The standard InChI is InChI=1S/C22H28N4O3/c1-25(2)19-14-23-15-20(24-19)29-18-8-11-26(16-18)21(27)22(9-12-28-13-10-22)17-6-4-3-5-7-17/h3-7,14-15,18H,8-13,16H2,1-2H3. The zero-order chi connectivity index (χ0) is 20.3. The molecule has 7 heteroatoms. The van der Waals surface area contributed by atoms with E-state index >= 15 is 0 Å². The molecule has 3 heterocycles. The summed E-state index contributed by atoms with van der Waals surface area (Å²) in [5.41, 5.74) is 0.584. The molecule has 29 heavy (non-hydrogen) atoms. The molecule has 4 rings (SSSR count). The first-order valence-electron chi connectivity index (χ1n) is 10.2.